The Morgan fingerprint density at radius 3 is 2.18 bits per heavy atom. The molecule has 0 saturated heterocycles. The van der Waals surface area contributed by atoms with Crippen LogP contribution < -0.4 is 5.73 Å². The summed E-state index contributed by atoms with van der Waals surface area (Å²) in [5, 5.41) is 1.20. The van der Waals surface area contributed by atoms with Crippen molar-refractivity contribution >= 4 is 20.6 Å². The van der Waals surface area contributed by atoms with Crippen LogP contribution in [-0.2, 0) is 9.84 Å². The second-order valence-corrected chi connectivity index (χ2v) is 7.28. The summed E-state index contributed by atoms with van der Waals surface area (Å²) in [6.45, 7) is 0.0469. The first kappa shape index (κ1) is 14.8. The smallest absolute Gasteiger partial charge is 0.186 e. The van der Waals surface area contributed by atoms with Crippen LogP contribution in [0.4, 0.5) is 0 Å². The highest BCUT2D eigenvalue weighted by Crippen LogP contribution is 2.32. The molecule has 0 aromatic heterocycles. The fraction of sp³-hybridized carbons (Fsp3) is 0.111. The Morgan fingerprint density at radius 1 is 0.818 bits per heavy atom. The molecule has 0 radical (unpaired) electrons. The summed E-state index contributed by atoms with van der Waals surface area (Å²) in [5.74, 6) is 0. The van der Waals surface area contributed by atoms with Crippen molar-refractivity contribution in [1.82, 2.24) is 0 Å². The third-order valence-corrected chi connectivity index (χ3v) is 5.96. The van der Waals surface area contributed by atoms with E-state index >= 15 is 0 Å². The van der Waals surface area contributed by atoms with Crippen molar-refractivity contribution in [2.24, 2.45) is 5.73 Å². The lowest BCUT2D eigenvalue weighted by Crippen LogP contribution is -2.22. The average molecular weight is 311 g/mol. The lowest BCUT2D eigenvalue weighted by Gasteiger charge is -2.18. The van der Waals surface area contributed by atoms with Gasteiger partial charge in [-0.3, -0.25) is 0 Å². The topological polar surface area (TPSA) is 60.2 Å². The van der Waals surface area contributed by atoms with E-state index in [4.69, 9.17) is 5.73 Å². The fourth-order valence-electron chi connectivity index (χ4n) is 2.73. The highest BCUT2D eigenvalue weighted by Gasteiger charge is 2.28. The van der Waals surface area contributed by atoms with Crippen LogP contribution in [0.2, 0.25) is 0 Å². The molecule has 3 aromatic rings. The first-order chi connectivity index (χ1) is 10.6. The van der Waals surface area contributed by atoms with Gasteiger partial charge in [0.15, 0.2) is 9.84 Å². The first-order valence-corrected chi connectivity index (χ1v) is 8.66. The Balaban J connectivity index is 2.19. The molecule has 3 rings (SSSR count). The Kier molecular flexibility index (Phi) is 3.96. The Morgan fingerprint density at radius 2 is 1.45 bits per heavy atom. The Bertz CT molecular complexity index is 884. The molecule has 3 nitrogen and oxygen atoms in total. The SMILES string of the molecule is NC[C@H](c1cccc2ccccc12)S(=O)(=O)c1ccccc1. The van der Waals surface area contributed by atoms with Crippen molar-refractivity contribution in [3.63, 3.8) is 0 Å². The molecule has 0 fully saturated rings. The van der Waals surface area contributed by atoms with E-state index in [1.54, 1.807) is 30.3 Å². The quantitative estimate of drug-likeness (QED) is 0.804. The highest BCUT2D eigenvalue weighted by atomic mass is 32.2. The summed E-state index contributed by atoms with van der Waals surface area (Å²) in [5.41, 5.74) is 6.59. The summed E-state index contributed by atoms with van der Waals surface area (Å²) in [6, 6.07) is 21.9. The van der Waals surface area contributed by atoms with Gasteiger partial charge in [0.1, 0.15) is 5.25 Å². The first-order valence-electron chi connectivity index (χ1n) is 7.11. The van der Waals surface area contributed by atoms with Crippen LogP contribution in [-0.4, -0.2) is 15.0 Å². The molecule has 22 heavy (non-hydrogen) atoms. The van der Waals surface area contributed by atoms with Crippen LogP contribution in [0.1, 0.15) is 10.8 Å². The molecule has 0 spiro atoms. The monoisotopic (exact) mass is 311 g/mol. The van der Waals surface area contributed by atoms with Gasteiger partial charge in [-0.1, -0.05) is 60.7 Å². The van der Waals surface area contributed by atoms with Crippen molar-refractivity contribution in [2.45, 2.75) is 10.1 Å². The molecule has 3 aromatic carbocycles. The molecule has 0 aliphatic rings. The second-order valence-electron chi connectivity index (χ2n) is 5.15. The van der Waals surface area contributed by atoms with E-state index in [2.05, 4.69) is 0 Å². The molecule has 1 atom stereocenters. The van der Waals surface area contributed by atoms with Crippen LogP contribution in [0.3, 0.4) is 0 Å². The van der Waals surface area contributed by atoms with Gasteiger partial charge in [-0.25, -0.2) is 8.42 Å². The number of rotatable bonds is 4. The zero-order chi connectivity index (χ0) is 15.6. The summed E-state index contributed by atoms with van der Waals surface area (Å²) in [6.07, 6.45) is 0. The number of nitrogens with two attached hydrogens (primary N) is 1. The van der Waals surface area contributed by atoms with Gasteiger partial charge in [0.25, 0.3) is 0 Å². The van der Waals surface area contributed by atoms with Crippen LogP contribution in [0.25, 0.3) is 10.8 Å². The van der Waals surface area contributed by atoms with E-state index < -0.39 is 15.1 Å². The third-order valence-electron chi connectivity index (χ3n) is 3.83. The van der Waals surface area contributed by atoms with Gasteiger partial charge >= 0.3 is 0 Å². The molecule has 0 bridgehead atoms. The molecule has 0 unspecified atom stereocenters. The minimum absolute atomic E-state index is 0.0469. The predicted octanol–water partition coefficient (Wildman–Crippen LogP) is 3.31. The number of fused-ring (bicyclic) bond motifs is 1. The maximum atomic E-state index is 12.9. The van der Waals surface area contributed by atoms with Gasteiger partial charge in [-0.05, 0) is 28.5 Å². The lowest BCUT2D eigenvalue weighted by atomic mass is 10.0. The minimum Gasteiger partial charge on any atom is -0.329 e. The summed E-state index contributed by atoms with van der Waals surface area (Å²) in [7, 11) is -3.52. The van der Waals surface area contributed by atoms with Crippen molar-refractivity contribution in [3.05, 3.63) is 78.4 Å². The molecule has 112 valence electrons. The standard InChI is InChI=1S/C18H17NO2S/c19-13-18(22(20,21)15-9-2-1-3-10-15)17-12-6-8-14-7-4-5-11-16(14)17/h1-12,18H,13,19H2/t18-/m1/s1. The minimum atomic E-state index is -3.52. The normalized spacial score (nSPS) is 13.1. The van der Waals surface area contributed by atoms with E-state index in [1.165, 1.54) is 0 Å². The lowest BCUT2D eigenvalue weighted by molar-refractivity contribution is 0.583. The number of hydrogen-bond donors (Lipinski definition) is 1. The van der Waals surface area contributed by atoms with E-state index in [9.17, 15) is 8.42 Å². The number of sulfone groups is 1. The van der Waals surface area contributed by atoms with Gasteiger partial charge in [-0.15, -0.1) is 0 Å². The van der Waals surface area contributed by atoms with Gasteiger partial charge in [-0.2, -0.15) is 0 Å². The summed E-state index contributed by atoms with van der Waals surface area (Å²) in [4.78, 5) is 0.304. The summed E-state index contributed by atoms with van der Waals surface area (Å²) < 4.78 is 25.9. The average Bonchev–Trinajstić information content (AvgIpc) is 2.56. The fourth-order valence-corrected chi connectivity index (χ4v) is 4.38. The van der Waals surface area contributed by atoms with Crippen molar-refractivity contribution in [3.8, 4) is 0 Å². The predicted molar refractivity (Wildman–Crippen MR) is 89.4 cm³/mol. The third kappa shape index (κ3) is 2.51. The maximum Gasteiger partial charge on any atom is 0.186 e. The molecule has 0 aliphatic heterocycles. The molecular formula is C18H17NO2S. The van der Waals surface area contributed by atoms with Gasteiger partial charge in [0, 0.05) is 6.54 Å². The molecular weight excluding hydrogens is 294 g/mol. The molecule has 0 saturated carbocycles. The Hall–Kier alpha value is -2.17. The molecule has 4 heteroatoms. The Labute approximate surface area is 130 Å². The van der Waals surface area contributed by atoms with E-state index in [1.807, 2.05) is 42.5 Å². The van der Waals surface area contributed by atoms with Crippen LogP contribution >= 0.6 is 0 Å². The van der Waals surface area contributed by atoms with Crippen LogP contribution in [0.5, 0.6) is 0 Å². The number of hydrogen-bond acceptors (Lipinski definition) is 3. The van der Waals surface area contributed by atoms with Gasteiger partial charge in [0.05, 0.1) is 4.90 Å². The summed E-state index contributed by atoms with van der Waals surface area (Å²) >= 11 is 0. The maximum absolute atomic E-state index is 12.9. The molecule has 2 N–H and O–H groups in total. The molecule has 0 amide bonds. The highest BCUT2D eigenvalue weighted by molar-refractivity contribution is 7.91. The van der Waals surface area contributed by atoms with Gasteiger partial charge in [0.2, 0.25) is 0 Å². The van der Waals surface area contributed by atoms with E-state index in [0.717, 1.165) is 16.3 Å². The van der Waals surface area contributed by atoms with Crippen LogP contribution in [0, 0.1) is 0 Å². The molecule has 0 heterocycles. The van der Waals surface area contributed by atoms with Gasteiger partial charge < -0.3 is 5.73 Å². The van der Waals surface area contributed by atoms with E-state index in [0.29, 0.717) is 4.90 Å². The van der Waals surface area contributed by atoms with Crippen molar-refractivity contribution in [2.75, 3.05) is 6.54 Å². The zero-order valence-corrected chi connectivity index (χ0v) is 12.8. The van der Waals surface area contributed by atoms with Crippen molar-refractivity contribution in [1.29, 1.82) is 0 Å². The van der Waals surface area contributed by atoms with Crippen LogP contribution in [0.15, 0.2) is 77.7 Å². The molecule has 0 aliphatic carbocycles. The van der Waals surface area contributed by atoms with Crippen molar-refractivity contribution < 1.29 is 8.42 Å². The second kappa shape index (κ2) is 5.91. The number of benzene rings is 3. The zero-order valence-electron chi connectivity index (χ0n) is 12.0. The largest absolute Gasteiger partial charge is 0.329 e. The van der Waals surface area contributed by atoms with E-state index in [-0.39, 0.29) is 6.54 Å².